The van der Waals surface area contributed by atoms with Gasteiger partial charge in [-0.25, -0.2) is 4.79 Å². The first-order valence-electron chi connectivity index (χ1n) is 12.9. The summed E-state index contributed by atoms with van der Waals surface area (Å²) in [5.74, 6) is 3.03. The lowest BCUT2D eigenvalue weighted by molar-refractivity contribution is -0.133. The molecule has 39 heavy (non-hydrogen) atoms. The number of aryl methyl sites for hydroxylation is 1. The molecule has 0 aliphatic carbocycles. The number of methoxy groups -OCH3 is 1. The quantitative estimate of drug-likeness (QED) is 0.312. The summed E-state index contributed by atoms with van der Waals surface area (Å²) < 4.78 is 27.5. The fraction of sp³-hybridized carbons (Fsp3) is 0.379. The average molecular weight is 538 g/mol. The van der Waals surface area contributed by atoms with E-state index in [0.717, 1.165) is 11.3 Å². The fourth-order valence-electron chi connectivity index (χ4n) is 4.21. The normalized spacial score (nSPS) is 11.8. The minimum absolute atomic E-state index is 0.128. The fourth-order valence-corrected chi connectivity index (χ4v) is 4.21. The Morgan fingerprint density at radius 2 is 1.82 bits per heavy atom. The minimum atomic E-state index is -0.402. The summed E-state index contributed by atoms with van der Waals surface area (Å²) in [4.78, 5) is 30.2. The maximum Gasteiger partial charge on any atom is 0.322 e. The number of benzene rings is 2. The average Bonchev–Trinajstić information content (AvgIpc) is 3.58. The van der Waals surface area contributed by atoms with Gasteiger partial charge in [-0.3, -0.25) is 4.79 Å². The number of rotatable bonds is 13. The first-order chi connectivity index (χ1) is 19.0. The minimum Gasteiger partial charge on any atom is -0.495 e. The second-order valence-electron chi connectivity index (χ2n) is 9.05. The van der Waals surface area contributed by atoms with E-state index in [9.17, 15) is 9.59 Å². The van der Waals surface area contributed by atoms with E-state index in [-0.39, 0.29) is 25.8 Å². The van der Waals surface area contributed by atoms with Crippen molar-refractivity contribution in [1.82, 2.24) is 9.80 Å². The Balaban J connectivity index is 1.52. The highest BCUT2D eigenvalue weighted by molar-refractivity contribution is 5.93. The number of urea groups is 1. The van der Waals surface area contributed by atoms with Crippen LogP contribution in [0, 0.1) is 6.92 Å². The van der Waals surface area contributed by atoms with Crippen LogP contribution < -0.4 is 19.5 Å². The molecular weight excluding hydrogens is 502 g/mol. The van der Waals surface area contributed by atoms with Gasteiger partial charge in [-0.1, -0.05) is 18.2 Å². The zero-order valence-electron chi connectivity index (χ0n) is 22.6. The molecule has 0 saturated heterocycles. The van der Waals surface area contributed by atoms with Gasteiger partial charge in [0.25, 0.3) is 0 Å². The highest BCUT2D eigenvalue weighted by Crippen LogP contribution is 2.33. The van der Waals surface area contributed by atoms with Crippen molar-refractivity contribution in [2.75, 3.05) is 45.5 Å². The van der Waals surface area contributed by atoms with Crippen LogP contribution in [0.3, 0.4) is 0 Å². The number of ether oxygens (including phenoxy) is 4. The molecule has 0 radical (unpaired) electrons. The van der Waals surface area contributed by atoms with Crippen LogP contribution in [0.25, 0.3) is 0 Å². The van der Waals surface area contributed by atoms with Crippen LogP contribution in [0.2, 0.25) is 0 Å². The lowest BCUT2D eigenvalue weighted by Crippen LogP contribution is -2.44. The number of nitrogens with zero attached hydrogens (tertiary/aromatic N) is 2. The number of carbonyl (C=O) groups is 2. The number of nitrogens with one attached hydrogen (secondary N) is 1. The molecule has 0 spiro atoms. The zero-order valence-corrected chi connectivity index (χ0v) is 22.6. The van der Waals surface area contributed by atoms with Crippen LogP contribution in [-0.4, -0.2) is 61.9 Å². The standard InChI is InChI=1S/C29H35N3O7/c1-4-36-15-7-14-31(29(34)30-24-8-5-6-9-25(24)35-3)19-28(33)32(18-23-12-10-21(2)39-23)17-22-11-13-26-27(16-22)38-20-37-26/h5-6,8-13,16H,4,7,14-15,17-20H2,1-3H3,(H,30,34). The van der Waals surface area contributed by atoms with Crippen molar-refractivity contribution < 1.29 is 33.0 Å². The maximum absolute atomic E-state index is 13.7. The lowest BCUT2D eigenvalue weighted by Gasteiger charge is -2.28. The number of amides is 3. The third kappa shape index (κ3) is 7.67. The summed E-state index contributed by atoms with van der Waals surface area (Å²) in [6.45, 7) is 5.77. The molecule has 2 aromatic carbocycles. The van der Waals surface area contributed by atoms with E-state index in [1.54, 1.807) is 30.2 Å². The van der Waals surface area contributed by atoms with Crippen molar-refractivity contribution in [2.24, 2.45) is 0 Å². The molecule has 0 atom stereocenters. The second kappa shape index (κ2) is 13.6. The van der Waals surface area contributed by atoms with E-state index in [0.29, 0.717) is 61.4 Å². The van der Waals surface area contributed by atoms with E-state index in [1.807, 2.05) is 50.2 Å². The molecule has 3 aromatic rings. The topological polar surface area (TPSA) is 103 Å². The number of carbonyl (C=O) groups excluding carboxylic acids is 2. The van der Waals surface area contributed by atoms with E-state index < -0.39 is 6.03 Å². The Morgan fingerprint density at radius 3 is 2.59 bits per heavy atom. The third-order valence-electron chi connectivity index (χ3n) is 6.19. The Hall–Kier alpha value is -4.18. The van der Waals surface area contributed by atoms with Crippen LogP contribution in [-0.2, 0) is 22.6 Å². The molecule has 10 nitrogen and oxygen atoms in total. The van der Waals surface area contributed by atoms with Crippen molar-refractivity contribution in [2.45, 2.75) is 33.4 Å². The van der Waals surface area contributed by atoms with Gasteiger partial charge in [0.05, 0.1) is 19.3 Å². The summed E-state index contributed by atoms with van der Waals surface area (Å²) in [6.07, 6.45) is 0.583. The van der Waals surface area contributed by atoms with Crippen LogP contribution in [0.5, 0.6) is 17.2 Å². The Bertz CT molecular complexity index is 1260. The van der Waals surface area contributed by atoms with E-state index in [1.165, 1.54) is 4.90 Å². The molecule has 1 N–H and O–H groups in total. The largest absolute Gasteiger partial charge is 0.495 e. The number of para-hydroxylation sites is 2. The Labute approximate surface area is 228 Å². The van der Waals surface area contributed by atoms with Crippen molar-refractivity contribution in [1.29, 1.82) is 0 Å². The predicted octanol–water partition coefficient (Wildman–Crippen LogP) is 4.81. The van der Waals surface area contributed by atoms with Crippen molar-refractivity contribution >= 4 is 17.6 Å². The molecule has 0 saturated carbocycles. The number of hydrogen-bond acceptors (Lipinski definition) is 7. The van der Waals surface area contributed by atoms with E-state index >= 15 is 0 Å². The Morgan fingerprint density at radius 1 is 1.00 bits per heavy atom. The van der Waals surface area contributed by atoms with Crippen molar-refractivity contribution in [3.8, 4) is 17.2 Å². The van der Waals surface area contributed by atoms with Gasteiger partial charge in [0.15, 0.2) is 11.5 Å². The zero-order chi connectivity index (χ0) is 27.6. The van der Waals surface area contributed by atoms with E-state index in [2.05, 4.69) is 5.32 Å². The molecule has 0 bridgehead atoms. The number of furan rings is 1. The molecule has 208 valence electrons. The summed E-state index contributed by atoms with van der Waals surface area (Å²) >= 11 is 0. The lowest BCUT2D eigenvalue weighted by atomic mass is 10.2. The maximum atomic E-state index is 13.7. The van der Waals surface area contributed by atoms with Crippen molar-refractivity contribution in [3.05, 3.63) is 71.7 Å². The summed E-state index contributed by atoms with van der Waals surface area (Å²) in [5.41, 5.74) is 1.40. The van der Waals surface area contributed by atoms with Crippen LogP contribution in [0.4, 0.5) is 10.5 Å². The molecule has 0 unspecified atom stereocenters. The summed E-state index contributed by atoms with van der Waals surface area (Å²) in [7, 11) is 1.54. The smallest absolute Gasteiger partial charge is 0.322 e. The monoisotopic (exact) mass is 537 g/mol. The van der Waals surface area contributed by atoms with Gasteiger partial charge >= 0.3 is 6.03 Å². The third-order valence-corrected chi connectivity index (χ3v) is 6.19. The van der Waals surface area contributed by atoms with Crippen LogP contribution >= 0.6 is 0 Å². The summed E-state index contributed by atoms with van der Waals surface area (Å²) in [5, 5.41) is 2.88. The van der Waals surface area contributed by atoms with Gasteiger partial charge in [-0.15, -0.1) is 0 Å². The van der Waals surface area contributed by atoms with Crippen molar-refractivity contribution in [3.63, 3.8) is 0 Å². The molecule has 1 aliphatic heterocycles. The molecule has 1 aromatic heterocycles. The molecule has 2 heterocycles. The molecule has 10 heteroatoms. The summed E-state index contributed by atoms with van der Waals surface area (Å²) in [6, 6.07) is 16.0. The van der Waals surface area contributed by atoms with Gasteiger partial charge in [0.1, 0.15) is 23.8 Å². The molecular formula is C29H35N3O7. The number of anilines is 1. The van der Waals surface area contributed by atoms with Gasteiger partial charge in [-0.05, 0) is 62.2 Å². The molecule has 0 fully saturated rings. The predicted molar refractivity (Wildman–Crippen MR) is 145 cm³/mol. The highest BCUT2D eigenvalue weighted by Gasteiger charge is 2.24. The van der Waals surface area contributed by atoms with Gasteiger partial charge < -0.3 is 38.5 Å². The van der Waals surface area contributed by atoms with Gasteiger partial charge in [0.2, 0.25) is 12.7 Å². The van der Waals surface area contributed by atoms with Crippen LogP contribution in [0.15, 0.2) is 59.0 Å². The van der Waals surface area contributed by atoms with Crippen LogP contribution in [0.1, 0.15) is 30.4 Å². The number of fused-ring (bicyclic) bond motifs is 1. The van der Waals surface area contributed by atoms with Gasteiger partial charge in [0, 0.05) is 26.3 Å². The Kier molecular flexibility index (Phi) is 9.69. The second-order valence-corrected chi connectivity index (χ2v) is 9.05. The SMILES string of the molecule is CCOCCCN(CC(=O)N(Cc1ccc2c(c1)OCO2)Cc1ccc(C)o1)C(=O)Nc1ccccc1OC. The first-order valence-corrected chi connectivity index (χ1v) is 12.9. The highest BCUT2D eigenvalue weighted by atomic mass is 16.7. The molecule has 1 aliphatic rings. The van der Waals surface area contributed by atoms with E-state index in [4.69, 9.17) is 23.4 Å². The molecule has 4 rings (SSSR count). The first kappa shape index (κ1) is 27.8. The molecule has 3 amide bonds. The van der Waals surface area contributed by atoms with Gasteiger partial charge in [-0.2, -0.15) is 0 Å². The number of hydrogen-bond donors (Lipinski definition) is 1.